The summed E-state index contributed by atoms with van der Waals surface area (Å²) in [5.41, 5.74) is 1.26. The first-order valence-corrected chi connectivity index (χ1v) is 8.57. The van der Waals surface area contributed by atoms with Crippen LogP contribution in [-0.2, 0) is 11.2 Å². The van der Waals surface area contributed by atoms with E-state index in [0.717, 1.165) is 36.9 Å². The zero-order valence-electron chi connectivity index (χ0n) is 13.0. The average Bonchev–Trinajstić information content (AvgIpc) is 3.12. The molecule has 2 bridgehead atoms. The zero-order chi connectivity index (χ0) is 15.4. The number of nitrogens with one attached hydrogen (secondary N) is 2. The van der Waals surface area contributed by atoms with E-state index in [2.05, 4.69) is 34.7 Å². The SMILES string of the molecule is CCNC(=NCCc1ccc(Cl)cc1)NC1CC2CCC1O2. The molecule has 22 heavy (non-hydrogen) atoms. The van der Waals surface area contributed by atoms with Gasteiger partial charge in [0, 0.05) is 18.1 Å². The number of benzene rings is 1. The molecule has 5 heteroatoms. The molecule has 2 aliphatic heterocycles. The summed E-state index contributed by atoms with van der Waals surface area (Å²) in [6.45, 7) is 3.72. The van der Waals surface area contributed by atoms with Crippen LogP contribution in [0.5, 0.6) is 0 Å². The molecule has 3 unspecified atom stereocenters. The van der Waals surface area contributed by atoms with E-state index in [1.807, 2.05) is 12.1 Å². The zero-order valence-corrected chi connectivity index (χ0v) is 13.8. The average molecular weight is 322 g/mol. The number of hydrogen-bond donors (Lipinski definition) is 2. The van der Waals surface area contributed by atoms with Crippen molar-refractivity contribution in [3.63, 3.8) is 0 Å². The van der Waals surface area contributed by atoms with Gasteiger partial charge >= 0.3 is 0 Å². The van der Waals surface area contributed by atoms with Crippen LogP contribution in [0.25, 0.3) is 0 Å². The molecule has 1 aromatic rings. The summed E-state index contributed by atoms with van der Waals surface area (Å²) in [7, 11) is 0. The maximum Gasteiger partial charge on any atom is 0.191 e. The van der Waals surface area contributed by atoms with Crippen molar-refractivity contribution in [3.8, 4) is 0 Å². The summed E-state index contributed by atoms with van der Waals surface area (Å²) in [5, 5.41) is 7.64. The third-order valence-corrected chi connectivity index (χ3v) is 4.61. The Hall–Kier alpha value is -1.26. The van der Waals surface area contributed by atoms with Crippen LogP contribution in [0.2, 0.25) is 5.02 Å². The van der Waals surface area contributed by atoms with Gasteiger partial charge in [0.05, 0.1) is 18.2 Å². The van der Waals surface area contributed by atoms with Crippen LogP contribution in [0, 0.1) is 0 Å². The number of rotatable bonds is 5. The van der Waals surface area contributed by atoms with Crippen molar-refractivity contribution < 1.29 is 4.74 Å². The van der Waals surface area contributed by atoms with Gasteiger partial charge in [-0.05, 0) is 50.3 Å². The summed E-state index contributed by atoms with van der Waals surface area (Å²) in [5.74, 6) is 0.901. The molecule has 0 spiro atoms. The topological polar surface area (TPSA) is 45.7 Å². The molecule has 2 aliphatic rings. The molecule has 2 saturated heterocycles. The van der Waals surface area contributed by atoms with Crippen molar-refractivity contribution in [1.82, 2.24) is 10.6 Å². The van der Waals surface area contributed by atoms with E-state index < -0.39 is 0 Å². The number of aliphatic imine (C=N–C) groups is 1. The molecule has 3 rings (SSSR count). The fourth-order valence-corrected chi connectivity index (χ4v) is 3.36. The summed E-state index contributed by atoms with van der Waals surface area (Å²) in [6.07, 6.45) is 5.23. The highest BCUT2D eigenvalue weighted by Crippen LogP contribution is 2.34. The Morgan fingerprint density at radius 1 is 1.32 bits per heavy atom. The first kappa shape index (κ1) is 15.6. The third kappa shape index (κ3) is 3.93. The van der Waals surface area contributed by atoms with Gasteiger partial charge in [-0.25, -0.2) is 0 Å². The number of fused-ring (bicyclic) bond motifs is 2. The molecule has 2 N–H and O–H groups in total. The molecule has 2 heterocycles. The lowest BCUT2D eigenvalue weighted by atomic mass is 9.96. The van der Waals surface area contributed by atoms with Crippen molar-refractivity contribution >= 4 is 17.6 Å². The number of guanidine groups is 1. The van der Waals surface area contributed by atoms with Crippen molar-refractivity contribution in [2.75, 3.05) is 13.1 Å². The molecule has 0 saturated carbocycles. The van der Waals surface area contributed by atoms with Crippen LogP contribution in [0.3, 0.4) is 0 Å². The van der Waals surface area contributed by atoms with Gasteiger partial charge in [-0.1, -0.05) is 23.7 Å². The Bertz CT molecular complexity index is 517. The van der Waals surface area contributed by atoms with E-state index in [9.17, 15) is 0 Å². The van der Waals surface area contributed by atoms with E-state index in [-0.39, 0.29) is 0 Å². The lowest BCUT2D eigenvalue weighted by molar-refractivity contribution is 0.0992. The second-order valence-corrected chi connectivity index (χ2v) is 6.43. The predicted octanol–water partition coefficient (Wildman–Crippen LogP) is 2.76. The normalized spacial score (nSPS) is 27.2. The Morgan fingerprint density at radius 2 is 2.14 bits per heavy atom. The summed E-state index contributed by atoms with van der Waals surface area (Å²) < 4.78 is 5.89. The van der Waals surface area contributed by atoms with Crippen LogP contribution in [-0.4, -0.2) is 37.3 Å². The Morgan fingerprint density at radius 3 is 2.77 bits per heavy atom. The molecule has 0 aliphatic carbocycles. The summed E-state index contributed by atoms with van der Waals surface area (Å²) in [6, 6.07) is 8.38. The van der Waals surface area contributed by atoms with E-state index in [4.69, 9.17) is 16.3 Å². The lowest BCUT2D eigenvalue weighted by Crippen LogP contribution is -2.47. The minimum absolute atomic E-state index is 0.366. The molecule has 4 nitrogen and oxygen atoms in total. The van der Waals surface area contributed by atoms with Gasteiger partial charge in [0.15, 0.2) is 5.96 Å². The fraction of sp³-hybridized carbons (Fsp3) is 0.588. The first-order chi connectivity index (χ1) is 10.7. The van der Waals surface area contributed by atoms with E-state index in [1.165, 1.54) is 18.4 Å². The number of ether oxygens (including phenoxy) is 1. The molecular weight excluding hydrogens is 298 g/mol. The smallest absolute Gasteiger partial charge is 0.191 e. The molecule has 0 aromatic heterocycles. The van der Waals surface area contributed by atoms with E-state index in [0.29, 0.717) is 18.2 Å². The van der Waals surface area contributed by atoms with E-state index in [1.54, 1.807) is 0 Å². The second kappa shape index (κ2) is 7.34. The molecule has 2 fully saturated rings. The van der Waals surface area contributed by atoms with Gasteiger partial charge in [0.1, 0.15) is 0 Å². The largest absolute Gasteiger partial charge is 0.373 e. The Balaban J connectivity index is 1.52. The van der Waals surface area contributed by atoms with Gasteiger partial charge in [0.2, 0.25) is 0 Å². The van der Waals surface area contributed by atoms with Crippen LogP contribution < -0.4 is 10.6 Å². The maximum absolute atomic E-state index is 5.90. The van der Waals surface area contributed by atoms with Crippen LogP contribution in [0.15, 0.2) is 29.3 Å². The van der Waals surface area contributed by atoms with Crippen molar-refractivity contribution in [1.29, 1.82) is 0 Å². The first-order valence-electron chi connectivity index (χ1n) is 8.19. The number of nitrogens with zero attached hydrogens (tertiary/aromatic N) is 1. The molecule has 0 radical (unpaired) electrons. The van der Waals surface area contributed by atoms with Crippen LogP contribution >= 0.6 is 11.6 Å². The van der Waals surface area contributed by atoms with Crippen molar-refractivity contribution in [3.05, 3.63) is 34.9 Å². The van der Waals surface area contributed by atoms with Crippen LogP contribution in [0.4, 0.5) is 0 Å². The molecule has 1 aromatic carbocycles. The summed E-state index contributed by atoms with van der Waals surface area (Å²) >= 11 is 5.90. The monoisotopic (exact) mass is 321 g/mol. The van der Waals surface area contributed by atoms with Gasteiger partial charge in [-0.2, -0.15) is 0 Å². The maximum atomic E-state index is 5.90. The highest BCUT2D eigenvalue weighted by atomic mass is 35.5. The quantitative estimate of drug-likeness (QED) is 0.647. The standard InChI is InChI=1S/C17H24ClN3O/c1-2-19-17(21-15-11-14-7-8-16(15)22-14)20-10-9-12-3-5-13(18)6-4-12/h3-6,14-16H,2,7-11H2,1H3,(H2,19,20,21). The Kier molecular flexibility index (Phi) is 5.21. The minimum Gasteiger partial charge on any atom is -0.373 e. The van der Waals surface area contributed by atoms with Gasteiger partial charge in [-0.3, -0.25) is 4.99 Å². The van der Waals surface area contributed by atoms with Crippen LogP contribution in [0.1, 0.15) is 31.7 Å². The Labute approximate surface area is 137 Å². The fourth-order valence-electron chi connectivity index (χ4n) is 3.23. The molecule has 120 valence electrons. The number of halogens is 1. The van der Waals surface area contributed by atoms with Gasteiger partial charge in [0.25, 0.3) is 0 Å². The molecular formula is C17H24ClN3O. The lowest BCUT2D eigenvalue weighted by Gasteiger charge is -2.22. The van der Waals surface area contributed by atoms with E-state index >= 15 is 0 Å². The van der Waals surface area contributed by atoms with Gasteiger partial charge < -0.3 is 15.4 Å². The minimum atomic E-state index is 0.366. The highest BCUT2D eigenvalue weighted by Gasteiger charge is 2.41. The van der Waals surface area contributed by atoms with Gasteiger partial charge in [-0.15, -0.1) is 0 Å². The van der Waals surface area contributed by atoms with Crippen molar-refractivity contribution in [2.45, 2.75) is 50.9 Å². The highest BCUT2D eigenvalue weighted by molar-refractivity contribution is 6.30. The van der Waals surface area contributed by atoms with Crippen molar-refractivity contribution in [2.24, 2.45) is 4.99 Å². The third-order valence-electron chi connectivity index (χ3n) is 4.36. The predicted molar refractivity (Wildman–Crippen MR) is 90.6 cm³/mol. The second-order valence-electron chi connectivity index (χ2n) is 6.00. The molecule has 3 atom stereocenters. The summed E-state index contributed by atoms with van der Waals surface area (Å²) in [4.78, 5) is 4.68. The molecule has 0 amide bonds. The number of hydrogen-bond acceptors (Lipinski definition) is 2.